The molecule has 1 N–H and O–H groups in total. The Hall–Kier alpha value is -1.65. The number of nitrogens with one attached hydrogen (secondary N) is 1. The summed E-state index contributed by atoms with van der Waals surface area (Å²) in [5, 5.41) is 2.66. The molecule has 0 bridgehead atoms. The molecule has 1 aromatic heterocycles. The van der Waals surface area contributed by atoms with E-state index in [1.807, 2.05) is 6.92 Å². The predicted octanol–water partition coefficient (Wildman–Crippen LogP) is 2.67. The molecule has 0 aliphatic heterocycles. The van der Waals surface area contributed by atoms with Crippen LogP contribution in [-0.4, -0.2) is 35.4 Å². The summed E-state index contributed by atoms with van der Waals surface area (Å²) in [5.74, 6) is -0.675. The Balaban J connectivity index is 2.26. The van der Waals surface area contributed by atoms with E-state index < -0.39 is 5.82 Å². The third-order valence-electron chi connectivity index (χ3n) is 3.72. The van der Waals surface area contributed by atoms with Gasteiger partial charge in [-0.1, -0.05) is 12.8 Å². The summed E-state index contributed by atoms with van der Waals surface area (Å²) in [6.07, 6.45) is 5.80. The zero-order chi connectivity index (χ0) is 13.8. The molecule has 1 aliphatic rings. The molecule has 1 aromatic rings. The molecule has 0 saturated heterocycles. The van der Waals surface area contributed by atoms with Crippen LogP contribution in [0.1, 0.15) is 43.0 Å². The minimum Gasteiger partial charge on any atom is -0.371 e. The fraction of sp³-hybridized carbons (Fsp3) is 0.571. The highest BCUT2D eigenvalue weighted by molar-refractivity contribution is 5.95. The van der Waals surface area contributed by atoms with E-state index in [0.717, 1.165) is 25.7 Å². The fourth-order valence-corrected chi connectivity index (χ4v) is 2.72. The summed E-state index contributed by atoms with van der Waals surface area (Å²) >= 11 is 0. The van der Waals surface area contributed by atoms with Gasteiger partial charge in [0.25, 0.3) is 5.91 Å². The normalized spacial score (nSPS) is 15.5. The zero-order valence-corrected chi connectivity index (χ0v) is 11.4. The Kier molecular flexibility index (Phi) is 4.35. The molecule has 5 heteroatoms. The Morgan fingerprint density at radius 3 is 2.79 bits per heavy atom. The third kappa shape index (κ3) is 2.69. The van der Waals surface area contributed by atoms with Crippen molar-refractivity contribution in [2.75, 3.05) is 18.9 Å². The van der Waals surface area contributed by atoms with Crippen LogP contribution >= 0.6 is 0 Å². The monoisotopic (exact) mass is 265 g/mol. The summed E-state index contributed by atoms with van der Waals surface area (Å²) < 4.78 is 14.1. The number of hydrogen-bond acceptors (Lipinski definition) is 3. The molecule has 2 rings (SSSR count). The van der Waals surface area contributed by atoms with Crippen LogP contribution in [0.2, 0.25) is 0 Å². The van der Waals surface area contributed by atoms with Crippen molar-refractivity contribution in [2.24, 2.45) is 0 Å². The number of aromatic nitrogens is 1. The number of halogens is 1. The lowest BCUT2D eigenvalue weighted by Crippen LogP contribution is -2.39. The van der Waals surface area contributed by atoms with E-state index in [0.29, 0.717) is 6.54 Å². The van der Waals surface area contributed by atoms with Crippen LogP contribution in [0.4, 0.5) is 10.2 Å². The molecular formula is C14H20FN3O. The molecule has 1 aliphatic carbocycles. The highest BCUT2D eigenvalue weighted by atomic mass is 19.1. The number of carbonyl (C=O) groups excluding carboxylic acids is 1. The number of carbonyl (C=O) groups is 1. The van der Waals surface area contributed by atoms with E-state index in [9.17, 15) is 9.18 Å². The van der Waals surface area contributed by atoms with Crippen LogP contribution in [0.5, 0.6) is 0 Å². The van der Waals surface area contributed by atoms with E-state index in [1.54, 1.807) is 11.9 Å². The van der Waals surface area contributed by atoms with Crippen molar-refractivity contribution in [3.63, 3.8) is 0 Å². The molecule has 0 aromatic carbocycles. The average Bonchev–Trinajstić information content (AvgIpc) is 2.93. The SMILES string of the molecule is CCN(C(=O)c1ccnc(NC)c1F)C1CCCC1. The Bertz CT molecular complexity index is 458. The van der Waals surface area contributed by atoms with Crippen LogP contribution in [-0.2, 0) is 0 Å². The molecule has 1 saturated carbocycles. The summed E-state index contributed by atoms with van der Waals surface area (Å²) in [6, 6.07) is 1.71. The highest BCUT2D eigenvalue weighted by Crippen LogP contribution is 2.26. The van der Waals surface area contributed by atoms with Gasteiger partial charge in [-0.3, -0.25) is 4.79 Å². The van der Waals surface area contributed by atoms with Gasteiger partial charge in [-0.25, -0.2) is 9.37 Å². The maximum atomic E-state index is 14.1. The van der Waals surface area contributed by atoms with Gasteiger partial charge < -0.3 is 10.2 Å². The van der Waals surface area contributed by atoms with Crippen LogP contribution in [0.3, 0.4) is 0 Å². The van der Waals surface area contributed by atoms with Crippen molar-refractivity contribution >= 4 is 11.7 Å². The second kappa shape index (κ2) is 5.99. The fourth-order valence-electron chi connectivity index (χ4n) is 2.72. The maximum absolute atomic E-state index is 14.1. The van der Waals surface area contributed by atoms with E-state index >= 15 is 0 Å². The summed E-state index contributed by atoms with van der Waals surface area (Å²) in [7, 11) is 1.59. The Labute approximate surface area is 113 Å². The minimum atomic E-state index is -0.563. The van der Waals surface area contributed by atoms with Crippen LogP contribution < -0.4 is 5.32 Å². The molecule has 19 heavy (non-hydrogen) atoms. The molecular weight excluding hydrogens is 245 g/mol. The molecule has 0 unspecified atom stereocenters. The molecule has 104 valence electrons. The van der Waals surface area contributed by atoms with Crippen molar-refractivity contribution in [3.05, 3.63) is 23.6 Å². The smallest absolute Gasteiger partial charge is 0.257 e. The molecule has 4 nitrogen and oxygen atoms in total. The number of nitrogens with zero attached hydrogens (tertiary/aromatic N) is 2. The lowest BCUT2D eigenvalue weighted by molar-refractivity contribution is 0.0688. The first-order valence-corrected chi connectivity index (χ1v) is 6.82. The summed E-state index contributed by atoms with van der Waals surface area (Å²) in [6.45, 7) is 2.55. The van der Waals surface area contributed by atoms with Gasteiger partial charge in [-0.05, 0) is 25.8 Å². The largest absolute Gasteiger partial charge is 0.371 e. The molecule has 1 amide bonds. The Morgan fingerprint density at radius 1 is 1.53 bits per heavy atom. The first-order chi connectivity index (χ1) is 9.19. The van der Waals surface area contributed by atoms with Gasteiger partial charge in [-0.2, -0.15) is 0 Å². The van der Waals surface area contributed by atoms with Crippen LogP contribution in [0.25, 0.3) is 0 Å². The van der Waals surface area contributed by atoms with E-state index in [2.05, 4.69) is 10.3 Å². The van der Waals surface area contributed by atoms with Crippen molar-refractivity contribution < 1.29 is 9.18 Å². The maximum Gasteiger partial charge on any atom is 0.257 e. The molecule has 1 fully saturated rings. The first-order valence-electron chi connectivity index (χ1n) is 6.82. The van der Waals surface area contributed by atoms with Gasteiger partial charge in [0.2, 0.25) is 0 Å². The van der Waals surface area contributed by atoms with Gasteiger partial charge in [0.15, 0.2) is 11.6 Å². The molecule has 0 atom stereocenters. The molecule has 0 radical (unpaired) electrons. The van der Waals surface area contributed by atoms with Crippen molar-refractivity contribution in [1.82, 2.24) is 9.88 Å². The molecule has 1 heterocycles. The topological polar surface area (TPSA) is 45.2 Å². The van der Waals surface area contributed by atoms with Crippen molar-refractivity contribution in [1.29, 1.82) is 0 Å². The van der Waals surface area contributed by atoms with Gasteiger partial charge in [-0.15, -0.1) is 0 Å². The number of pyridine rings is 1. The number of anilines is 1. The van der Waals surface area contributed by atoms with E-state index in [1.165, 1.54) is 12.3 Å². The van der Waals surface area contributed by atoms with Crippen LogP contribution in [0, 0.1) is 5.82 Å². The second-order valence-electron chi connectivity index (χ2n) is 4.80. The van der Waals surface area contributed by atoms with Crippen molar-refractivity contribution in [3.8, 4) is 0 Å². The van der Waals surface area contributed by atoms with Gasteiger partial charge in [0.1, 0.15) is 0 Å². The van der Waals surface area contributed by atoms with Gasteiger partial charge in [0, 0.05) is 25.8 Å². The zero-order valence-electron chi connectivity index (χ0n) is 11.4. The second-order valence-corrected chi connectivity index (χ2v) is 4.80. The van der Waals surface area contributed by atoms with Gasteiger partial charge >= 0.3 is 0 Å². The standard InChI is InChI=1S/C14H20FN3O/c1-3-18(10-6-4-5-7-10)14(19)11-8-9-17-13(16-2)12(11)15/h8-10H,3-7H2,1-2H3,(H,16,17). The summed E-state index contributed by atoms with van der Waals surface area (Å²) in [4.78, 5) is 18.1. The van der Waals surface area contributed by atoms with Crippen LogP contribution in [0.15, 0.2) is 12.3 Å². The summed E-state index contributed by atoms with van der Waals surface area (Å²) in [5.41, 5.74) is 0.105. The third-order valence-corrected chi connectivity index (χ3v) is 3.72. The Morgan fingerprint density at radius 2 is 2.21 bits per heavy atom. The van der Waals surface area contributed by atoms with E-state index in [4.69, 9.17) is 0 Å². The predicted molar refractivity (Wildman–Crippen MR) is 72.7 cm³/mol. The quantitative estimate of drug-likeness (QED) is 0.910. The lowest BCUT2D eigenvalue weighted by atomic mass is 10.1. The molecule has 0 spiro atoms. The van der Waals surface area contributed by atoms with Gasteiger partial charge in [0.05, 0.1) is 5.56 Å². The minimum absolute atomic E-state index is 0.105. The van der Waals surface area contributed by atoms with E-state index in [-0.39, 0.29) is 23.3 Å². The average molecular weight is 265 g/mol. The highest BCUT2D eigenvalue weighted by Gasteiger charge is 2.28. The first kappa shape index (κ1) is 13.8. The number of rotatable bonds is 4. The van der Waals surface area contributed by atoms with Crippen molar-refractivity contribution in [2.45, 2.75) is 38.6 Å². The number of hydrogen-bond donors (Lipinski definition) is 1. The number of amides is 1. The lowest BCUT2D eigenvalue weighted by Gasteiger charge is -2.28.